The van der Waals surface area contributed by atoms with Crippen molar-refractivity contribution in [2.75, 3.05) is 11.4 Å². The molecule has 4 aromatic rings. The average Bonchev–Trinajstić information content (AvgIpc) is 2.99. The molecule has 0 fully saturated rings. The van der Waals surface area contributed by atoms with E-state index in [1.807, 2.05) is 18.2 Å². The highest BCUT2D eigenvalue weighted by molar-refractivity contribution is 7.19. The van der Waals surface area contributed by atoms with E-state index in [2.05, 4.69) is 72.0 Å². The van der Waals surface area contributed by atoms with Crippen molar-refractivity contribution >= 4 is 44.7 Å². The van der Waals surface area contributed by atoms with E-state index in [1.54, 1.807) is 11.3 Å². The van der Waals surface area contributed by atoms with Gasteiger partial charge in [-0.3, -0.25) is 0 Å². The number of nitrogens with zero attached hydrogens (tertiary/aromatic N) is 3. The Labute approximate surface area is 168 Å². The second kappa shape index (κ2) is 7.29. The summed E-state index contributed by atoms with van der Waals surface area (Å²) >= 11 is 7.97. The van der Waals surface area contributed by atoms with Crippen LogP contribution in [0, 0.1) is 13.8 Å². The first-order valence-electron chi connectivity index (χ1n) is 8.94. The molecule has 0 radical (unpaired) electrons. The van der Waals surface area contributed by atoms with E-state index in [0.29, 0.717) is 0 Å². The van der Waals surface area contributed by atoms with Crippen LogP contribution in [0.2, 0.25) is 5.28 Å². The van der Waals surface area contributed by atoms with E-state index in [1.165, 1.54) is 21.6 Å². The molecular weight excluding hydrogens is 374 g/mol. The molecule has 0 unspecified atom stereocenters. The first-order valence-corrected chi connectivity index (χ1v) is 10.1. The van der Waals surface area contributed by atoms with E-state index < -0.39 is 0 Å². The molecule has 0 saturated carbocycles. The van der Waals surface area contributed by atoms with Crippen molar-refractivity contribution in [3.05, 3.63) is 70.3 Å². The van der Waals surface area contributed by atoms with E-state index in [0.717, 1.165) is 28.3 Å². The molecule has 0 amide bonds. The van der Waals surface area contributed by atoms with Gasteiger partial charge in [-0.1, -0.05) is 48.0 Å². The third-order valence-corrected chi connectivity index (χ3v) is 5.83. The van der Waals surface area contributed by atoms with Gasteiger partial charge in [0.2, 0.25) is 5.28 Å². The fourth-order valence-corrected chi connectivity index (χ4v) is 4.65. The number of fused-ring (bicyclic) bond motifs is 1. The molecule has 0 bridgehead atoms. The highest BCUT2D eigenvalue weighted by Gasteiger charge is 2.22. The zero-order chi connectivity index (χ0) is 19.0. The lowest BCUT2D eigenvalue weighted by atomic mass is 10.0. The number of rotatable bonds is 4. The number of benzene rings is 2. The maximum Gasteiger partial charge on any atom is 0.225 e. The predicted octanol–water partition coefficient (Wildman–Crippen LogP) is 6.79. The van der Waals surface area contributed by atoms with E-state index in [4.69, 9.17) is 11.6 Å². The Morgan fingerprint density at radius 2 is 1.67 bits per heavy atom. The maximum absolute atomic E-state index is 6.30. The molecule has 4 rings (SSSR count). The summed E-state index contributed by atoms with van der Waals surface area (Å²) in [6, 6.07) is 18.9. The van der Waals surface area contributed by atoms with Gasteiger partial charge in [-0.2, -0.15) is 4.98 Å². The molecule has 2 aromatic heterocycles. The number of aryl methyl sites for hydroxylation is 2. The molecule has 2 aromatic carbocycles. The van der Waals surface area contributed by atoms with Crippen LogP contribution in [-0.4, -0.2) is 16.5 Å². The minimum Gasteiger partial charge on any atom is -0.326 e. The van der Waals surface area contributed by atoms with Gasteiger partial charge in [0, 0.05) is 22.7 Å². The SMILES string of the molecule is CCN(c1ccccc1)c1nc(Cl)nc2sc(C)c(-c3ccc(C)cc3)c12. The summed E-state index contributed by atoms with van der Waals surface area (Å²) < 4.78 is 0. The van der Waals surface area contributed by atoms with Crippen LogP contribution in [0.1, 0.15) is 17.4 Å². The Balaban J connectivity index is 2.01. The standard InChI is InChI=1S/C22H20ClN3S/c1-4-26(17-8-6-5-7-9-17)20-19-18(16-12-10-14(2)11-13-16)15(3)27-21(19)25-22(23)24-20/h5-13H,4H2,1-3H3. The molecule has 0 N–H and O–H groups in total. The Kier molecular flexibility index (Phi) is 4.85. The van der Waals surface area contributed by atoms with Crippen LogP contribution in [0.15, 0.2) is 54.6 Å². The molecule has 0 aliphatic rings. The number of para-hydroxylation sites is 1. The van der Waals surface area contributed by atoms with Crippen LogP contribution in [0.25, 0.3) is 21.3 Å². The van der Waals surface area contributed by atoms with Crippen LogP contribution in [-0.2, 0) is 0 Å². The number of thiophene rings is 1. The van der Waals surface area contributed by atoms with Crippen molar-refractivity contribution in [2.45, 2.75) is 20.8 Å². The molecular formula is C22H20ClN3S. The van der Waals surface area contributed by atoms with Crippen LogP contribution >= 0.6 is 22.9 Å². The summed E-state index contributed by atoms with van der Waals surface area (Å²) in [5.74, 6) is 0.860. The van der Waals surface area contributed by atoms with Gasteiger partial charge in [-0.25, -0.2) is 4.98 Å². The van der Waals surface area contributed by atoms with Crippen LogP contribution in [0.5, 0.6) is 0 Å². The van der Waals surface area contributed by atoms with Gasteiger partial charge in [-0.05, 0) is 50.1 Å². The first kappa shape index (κ1) is 18.0. The molecule has 0 saturated heterocycles. The minimum atomic E-state index is 0.281. The summed E-state index contributed by atoms with van der Waals surface area (Å²) in [5, 5.41) is 1.35. The zero-order valence-corrected chi connectivity index (χ0v) is 17.1. The Hall–Kier alpha value is -2.43. The topological polar surface area (TPSA) is 29.0 Å². The van der Waals surface area contributed by atoms with Gasteiger partial charge in [0.1, 0.15) is 10.6 Å². The van der Waals surface area contributed by atoms with Gasteiger partial charge in [0.25, 0.3) is 0 Å². The van der Waals surface area contributed by atoms with Crippen molar-refractivity contribution in [3.8, 4) is 11.1 Å². The summed E-state index contributed by atoms with van der Waals surface area (Å²) in [6.45, 7) is 7.15. The molecule has 27 heavy (non-hydrogen) atoms. The fourth-order valence-electron chi connectivity index (χ4n) is 3.39. The van der Waals surface area contributed by atoms with Crippen LogP contribution in [0.4, 0.5) is 11.5 Å². The monoisotopic (exact) mass is 393 g/mol. The summed E-state index contributed by atoms with van der Waals surface area (Å²) in [4.78, 5) is 13.5. The third kappa shape index (κ3) is 3.31. The normalized spacial score (nSPS) is 11.1. The molecule has 3 nitrogen and oxygen atoms in total. The number of aromatic nitrogens is 2. The maximum atomic E-state index is 6.30. The molecule has 2 heterocycles. The van der Waals surface area contributed by atoms with Gasteiger partial charge >= 0.3 is 0 Å². The first-order chi connectivity index (χ1) is 13.1. The van der Waals surface area contributed by atoms with Crippen molar-refractivity contribution in [1.29, 1.82) is 0 Å². The number of hydrogen-bond acceptors (Lipinski definition) is 4. The van der Waals surface area contributed by atoms with E-state index in [9.17, 15) is 0 Å². The number of halogens is 1. The number of hydrogen-bond donors (Lipinski definition) is 0. The van der Waals surface area contributed by atoms with Crippen molar-refractivity contribution in [3.63, 3.8) is 0 Å². The summed E-state index contributed by atoms with van der Waals surface area (Å²) in [6.07, 6.45) is 0. The number of anilines is 2. The largest absolute Gasteiger partial charge is 0.326 e. The Morgan fingerprint density at radius 3 is 2.33 bits per heavy atom. The Bertz CT molecular complexity index is 1090. The molecule has 5 heteroatoms. The lowest BCUT2D eigenvalue weighted by Gasteiger charge is -2.23. The van der Waals surface area contributed by atoms with Crippen LogP contribution in [0.3, 0.4) is 0 Å². The lowest BCUT2D eigenvalue weighted by molar-refractivity contribution is 0.991. The smallest absolute Gasteiger partial charge is 0.225 e. The molecule has 0 spiro atoms. The second-order valence-electron chi connectivity index (χ2n) is 6.48. The highest BCUT2D eigenvalue weighted by Crippen LogP contribution is 2.43. The molecule has 0 aliphatic heterocycles. The minimum absolute atomic E-state index is 0.281. The third-order valence-electron chi connectivity index (χ3n) is 4.66. The molecule has 0 aliphatic carbocycles. The van der Waals surface area contributed by atoms with Crippen LogP contribution < -0.4 is 4.90 Å². The summed E-state index contributed by atoms with van der Waals surface area (Å²) in [7, 11) is 0. The predicted molar refractivity (Wildman–Crippen MR) is 116 cm³/mol. The fraction of sp³-hybridized carbons (Fsp3) is 0.182. The quantitative estimate of drug-likeness (QED) is 0.357. The van der Waals surface area contributed by atoms with Gasteiger partial charge in [0.15, 0.2) is 0 Å². The van der Waals surface area contributed by atoms with E-state index in [-0.39, 0.29) is 5.28 Å². The Morgan fingerprint density at radius 1 is 0.963 bits per heavy atom. The average molecular weight is 394 g/mol. The van der Waals surface area contributed by atoms with Gasteiger partial charge in [-0.15, -0.1) is 11.3 Å². The van der Waals surface area contributed by atoms with Gasteiger partial charge < -0.3 is 4.90 Å². The van der Waals surface area contributed by atoms with Crippen molar-refractivity contribution in [1.82, 2.24) is 9.97 Å². The molecule has 136 valence electrons. The lowest BCUT2D eigenvalue weighted by Crippen LogP contribution is -2.18. The summed E-state index contributed by atoms with van der Waals surface area (Å²) in [5.41, 5.74) is 4.71. The van der Waals surface area contributed by atoms with Gasteiger partial charge in [0.05, 0.1) is 5.39 Å². The zero-order valence-electron chi connectivity index (χ0n) is 15.5. The molecule has 0 atom stereocenters. The van der Waals surface area contributed by atoms with E-state index >= 15 is 0 Å². The highest BCUT2D eigenvalue weighted by atomic mass is 35.5. The van der Waals surface area contributed by atoms with Crippen molar-refractivity contribution in [2.24, 2.45) is 0 Å². The van der Waals surface area contributed by atoms with Crippen molar-refractivity contribution < 1.29 is 0 Å². The second-order valence-corrected chi connectivity index (χ2v) is 8.02.